The summed E-state index contributed by atoms with van der Waals surface area (Å²) in [6, 6.07) is 0. The number of hydrogen-bond donors (Lipinski definition) is 1. The van der Waals surface area contributed by atoms with Crippen LogP contribution >= 0.6 is 0 Å². The zero-order valence-corrected chi connectivity index (χ0v) is 16.0. The number of hydrogen-bond acceptors (Lipinski definition) is 2. The van der Waals surface area contributed by atoms with Gasteiger partial charge < -0.3 is 5.11 Å². The standard InChI is InChI=1S/C22H34O2/c1-12-10-18-19-14(3)13(2)17-11-15(23)6-8-21(17,4)16(19)7-9-22(18,5)20(12)24/h11-14,16,18-20,24H,6-10H2,1-5H3. The van der Waals surface area contributed by atoms with Crippen molar-refractivity contribution in [2.75, 3.05) is 0 Å². The minimum atomic E-state index is -0.136. The molecule has 1 N–H and O–H groups in total. The summed E-state index contributed by atoms with van der Waals surface area (Å²) in [7, 11) is 0. The fraction of sp³-hybridized carbons (Fsp3) is 0.864. The molecule has 134 valence electrons. The van der Waals surface area contributed by atoms with Crippen molar-refractivity contribution < 1.29 is 9.90 Å². The van der Waals surface area contributed by atoms with Crippen molar-refractivity contribution in [3.63, 3.8) is 0 Å². The Bertz CT molecular complexity index is 593. The molecule has 0 spiro atoms. The fourth-order valence-electron chi connectivity index (χ4n) is 7.62. The average molecular weight is 331 g/mol. The Morgan fingerprint density at radius 3 is 2.54 bits per heavy atom. The molecule has 4 aliphatic carbocycles. The van der Waals surface area contributed by atoms with Gasteiger partial charge in [0.1, 0.15) is 0 Å². The third-order valence-electron chi connectivity index (χ3n) is 9.18. The smallest absolute Gasteiger partial charge is 0.155 e. The van der Waals surface area contributed by atoms with E-state index in [0.717, 1.165) is 19.3 Å². The quantitative estimate of drug-likeness (QED) is 0.704. The highest BCUT2D eigenvalue weighted by atomic mass is 16.3. The largest absolute Gasteiger partial charge is 0.392 e. The van der Waals surface area contributed by atoms with Gasteiger partial charge in [-0.2, -0.15) is 0 Å². The van der Waals surface area contributed by atoms with Gasteiger partial charge in [-0.3, -0.25) is 4.79 Å². The summed E-state index contributed by atoms with van der Waals surface area (Å²) >= 11 is 0. The molecule has 2 heteroatoms. The topological polar surface area (TPSA) is 37.3 Å². The highest BCUT2D eigenvalue weighted by Gasteiger charge is 2.63. The number of ketones is 1. The Morgan fingerprint density at radius 2 is 1.83 bits per heavy atom. The third-order valence-corrected chi connectivity index (χ3v) is 9.18. The van der Waals surface area contributed by atoms with Gasteiger partial charge in [0.15, 0.2) is 5.78 Å². The van der Waals surface area contributed by atoms with Gasteiger partial charge in [0.05, 0.1) is 6.10 Å². The first-order valence-electron chi connectivity index (χ1n) is 10.1. The van der Waals surface area contributed by atoms with Gasteiger partial charge in [-0.1, -0.05) is 40.2 Å². The van der Waals surface area contributed by atoms with Crippen LogP contribution in [0.3, 0.4) is 0 Å². The number of carbonyl (C=O) groups is 1. The van der Waals surface area contributed by atoms with E-state index < -0.39 is 0 Å². The van der Waals surface area contributed by atoms with Crippen molar-refractivity contribution in [3.8, 4) is 0 Å². The molecule has 2 nitrogen and oxygen atoms in total. The molecule has 0 radical (unpaired) electrons. The summed E-state index contributed by atoms with van der Waals surface area (Å²) < 4.78 is 0. The lowest BCUT2D eigenvalue weighted by molar-refractivity contribution is -0.122. The lowest BCUT2D eigenvalue weighted by Gasteiger charge is -2.61. The molecular weight excluding hydrogens is 296 g/mol. The highest BCUT2D eigenvalue weighted by molar-refractivity contribution is 5.91. The van der Waals surface area contributed by atoms with Gasteiger partial charge in [0.2, 0.25) is 0 Å². The van der Waals surface area contributed by atoms with Crippen LogP contribution < -0.4 is 0 Å². The van der Waals surface area contributed by atoms with Crippen LogP contribution in [0.25, 0.3) is 0 Å². The molecule has 3 saturated carbocycles. The normalized spacial score (nSPS) is 57.0. The molecule has 3 fully saturated rings. The molecule has 0 aromatic carbocycles. The molecule has 24 heavy (non-hydrogen) atoms. The predicted octanol–water partition coefficient (Wildman–Crippen LogP) is 4.62. The maximum Gasteiger partial charge on any atom is 0.155 e. The maximum absolute atomic E-state index is 12.1. The van der Waals surface area contributed by atoms with Gasteiger partial charge in [-0.15, -0.1) is 0 Å². The van der Waals surface area contributed by atoms with Crippen LogP contribution in [-0.2, 0) is 4.79 Å². The molecule has 9 atom stereocenters. The molecule has 4 rings (SSSR count). The van der Waals surface area contributed by atoms with Crippen molar-refractivity contribution in [3.05, 3.63) is 11.6 Å². The van der Waals surface area contributed by atoms with E-state index in [1.807, 2.05) is 6.08 Å². The minimum Gasteiger partial charge on any atom is -0.392 e. The Labute approximate surface area is 147 Å². The van der Waals surface area contributed by atoms with Gasteiger partial charge in [-0.05, 0) is 78.1 Å². The number of aliphatic hydroxyl groups excluding tert-OH is 1. The molecule has 0 bridgehead atoms. The highest BCUT2D eigenvalue weighted by Crippen LogP contribution is 2.68. The van der Waals surface area contributed by atoms with Crippen LogP contribution in [0.5, 0.6) is 0 Å². The van der Waals surface area contributed by atoms with Crippen molar-refractivity contribution in [1.82, 2.24) is 0 Å². The summed E-state index contributed by atoms with van der Waals surface area (Å²) in [5.41, 5.74) is 1.77. The van der Waals surface area contributed by atoms with E-state index in [1.54, 1.807) is 0 Å². The third kappa shape index (κ3) is 1.95. The first kappa shape index (κ1) is 16.8. The number of allylic oxidation sites excluding steroid dienone is 1. The van der Waals surface area contributed by atoms with Crippen LogP contribution in [0.4, 0.5) is 0 Å². The molecule has 0 amide bonds. The Hall–Kier alpha value is -0.630. The number of rotatable bonds is 0. The molecule has 4 aliphatic rings. The molecule has 0 aromatic heterocycles. The lowest BCUT2D eigenvalue weighted by atomic mass is 9.43. The minimum absolute atomic E-state index is 0.108. The first-order valence-corrected chi connectivity index (χ1v) is 10.1. The molecule has 0 aromatic rings. The van der Waals surface area contributed by atoms with E-state index in [2.05, 4.69) is 34.6 Å². The molecule has 9 unspecified atom stereocenters. The summed E-state index contributed by atoms with van der Waals surface area (Å²) in [6.45, 7) is 11.8. The van der Waals surface area contributed by atoms with Crippen LogP contribution in [-0.4, -0.2) is 17.0 Å². The SMILES string of the molecule is CC1CC2C3C(C)C(C)C4=CC(=O)CCC4(C)C3CCC2(C)C1O. The predicted molar refractivity (Wildman–Crippen MR) is 96.4 cm³/mol. The average Bonchev–Trinajstić information content (AvgIpc) is 2.77. The van der Waals surface area contributed by atoms with E-state index in [4.69, 9.17) is 0 Å². The van der Waals surface area contributed by atoms with E-state index in [1.165, 1.54) is 18.4 Å². The van der Waals surface area contributed by atoms with Crippen LogP contribution in [0.2, 0.25) is 0 Å². The van der Waals surface area contributed by atoms with Gasteiger partial charge in [0, 0.05) is 6.42 Å². The Morgan fingerprint density at radius 1 is 1.12 bits per heavy atom. The van der Waals surface area contributed by atoms with Crippen LogP contribution in [0.1, 0.15) is 66.7 Å². The van der Waals surface area contributed by atoms with E-state index in [9.17, 15) is 9.90 Å². The first-order chi connectivity index (χ1) is 11.2. The summed E-state index contributed by atoms with van der Waals surface area (Å²) in [5.74, 6) is 3.92. The number of fused-ring (bicyclic) bond motifs is 5. The van der Waals surface area contributed by atoms with E-state index in [0.29, 0.717) is 41.3 Å². The second-order valence-electron chi connectivity index (χ2n) is 10.1. The van der Waals surface area contributed by atoms with E-state index in [-0.39, 0.29) is 16.9 Å². The summed E-state index contributed by atoms with van der Waals surface area (Å²) in [5, 5.41) is 10.9. The Balaban J connectivity index is 1.78. The van der Waals surface area contributed by atoms with Gasteiger partial charge in [0.25, 0.3) is 0 Å². The number of aliphatic hydroxyl groups is 1. The Kier molecular flexibility index (Phi) is 3.64. The summed E-state index contributed by atoms with van der Waals surface area (Å²) in [6.07, 6.45) is 7.21. The second kappa shape index (κ2) is 5.19. The van der Waals surface area contributed by atoms with E-state index >= 15 is 0 Å². The molecule has 0 heterocycles. The van der Waals surface area contributed by atoms with Crippen molar-refractivity contribution in [2.45, 2.75) is 72.8 Å². The van der Waals surface area contributed by atoms with Crippen LogP contribution in [0, 0.1) is 46.3 Å². The van der Waals surface area contributed by atoms with Crippen LogP contribution in [0.15, 0.2) is 11.6 Å². The summed E-state index contributed by atoms with van der Waals surface area (Å²) in [4.78, 5) is 12.1. The van der Waals surface area contributed by atoms with Crippen molar-refractivity contribution in [2.24, 2.45) is 46.3 Å². The van der Waals surface area contributed by atoms with Gasteiger partial charge in [-0.25, -0.2) is 0 Å². The monoisotopic (exact) mass is 330 g/mol. The molecule has 0 aliphatic heterocycles. The van der Waals surface area contributed by atoms with Crippen molar-refractivity contribution >= 4 is 5.78 Å². The van der Waals surface area contributed by atoms with Crippen molar-refractivity contribution in [1.29, 1.82) is 0 Å². The maximum atomic E-state index is 12.1. The number of carbonyl (C=O) groups excluding carboxylic acids is 1. The lowest BCUT2D eigenvalue weighted by Crippen LogP contribution is -2.56. The molecular formula is C22H34O2. The second-order valence-corrected chi connectivity index (χ2v) is 10.1. The zero-order valence-electron chi connectivity index (χ0n) is 16.0. The fourth-order valence-corrected chi connectivity index (χ4v) is 7.62. The molecule has 0 saturated heterocycles. The zero-order chi connectivity index (χ0) is 17.4. The van der Waals surface area contributed by atoms with Gasteiger partial charge >= 0.3 is 0 Å².